The van der Waals surface area contributed by atoms with E-state index in [1.54, 1.807) is 37.4 Å². The lowest BCUT2D eigenvalue weighted by Crippen LogP contribution is -2.51. The number of nitrogens with one attached hydrogen (secondary N) is 1. The number of carbonyl (C=O) groups excluding carboxylic acids is 2. The third kappa shape index (κ3) is 7.39. The summed E-state index contributed by atoms with van der Waals surface area (Å²) < 4.78 is 16.3. The molecule has 0 aliphatic carbocycles. The highest BCUT2D eigenvalue weighted by atomic mass is 35.5. The fourth-order valence-electron chi connectivity index (χ4n) is 3.60. The van der Waals surface area contributed by atoms with Crippen molar-refractivity contribution in [3.05, 3.63) is 88.9 Å². The van der Waals surface area contributed by atoms with Crippen molar-refractivity contribution in [2.24, 2.45) is 0 Å². The molecule has 0 spiro atoms. The van der Waals surface area contributed by atoms with Crippen molar-refractivity contribution in [2.45, 2.75) is 19.0 Å². The molecule has 2 amide bonds. The molecular formula is C27H29ClN2O5. The Labute approximate surface area is 210 Å². The van der Waals surface area contributed by atoms with Gasteiger partial charge < -0.3 is 24.4 Å². The molecule has 1 atom stereocenters. The Morgan fingerprint density at radius 2 is 1.49 bits per heavy atom. The van der Waals surface area contributed by atoms with E-state index in [1.807, 2.05) is 42.5 Å². The molecule has 0 heterocycles. The summed E-state index contributed by atoms with van der Waals surface area (Å²) in [6.07, 6.45) is 0.354. The first-order valence-electron chi connectivity index (χ1n) is 11.1. The molecule has 0 unspecified atom stereocenters. The van der Waals surface area contributed by atoms with E-state index in [0.717, 1.165) is 11.1 Å². The van der Waals surface area contributed by atoms with Crippen molar-refractivity contribution in [1.29, 1.82) is 0 Å². The average molecular weight is 497 g/mol. The maximum Gasteiger partial charge on any atom is 0.261 e. The predicted octanol–water partition coefficient (Wildman–Crippen LogP) is 4.12. The fraction of sp³-hybridized carbons (Fsp3) is 0.259. The Balaban J connectivity index is 1.87. The summed E-state index contributed by atoms with van der Waals surface area (Å²) in [6, 6.07) is 21.1. The van der Waals surface area contributed by atoms with Crippen LogP contribution in [-0.4, -0.2) is 50.6 Å². The summed E-state index contributed by atoms with van der Waals surface area (Å²) >= 11 is 6.04. The van der Waals surface area contributed by atoms with Crippen molar-refractivity contribution >= 4 is 23.4 Å². The lowest BCUT2D eigenvalue weighted by molar-refractivity contribution is -0.142. The Kier molecular flexibility index (Phi) is 9.38. The minimum Gasteiger partial charge on any atom is -0.496 e. The maximum atomic E-state index is 13.5. The van der Waals surface area contributed by atoms with Gasteiger partial charge in [0.15, 0.2) is 6.61 Å². The molecule has 3 aromatic carbocycles. The molecule has 0 saturated heterocycles. The Morgan fingerprint density at radius 3 is 2.06 bits per heavy atom. The van der Waals surface area contributed by atoms with Crippen molar-refractivity contribution in [3.8, 4) is 17.2 Å². The zero-order valence-electron chi connectivity index (χ0n) is 20.0. The normalized spacial score (nSPS) is 11.3. The standard InChI is InChI=1S/C27H29ClN2O5/c1-29-27(32)25(13-19-7-5-4-6-8-19)30(17-20-9-11-21(28)12-10-20)26(31)18-35-24-15-22(33-2)14-23(16-24)34-3/h4-12,14-16,25H,13,17-18H2,1-3H3,(H,29,32)/t25-/m0/s1. The number of nitrogens with zero attached hydrogens (tertiary/aromatic N) is 1. The van der Waals surface area contributed by atoms with Gasteiger partial charge in [0.05, 0.1) is 14.2 Å². The summed E-state index contributed by atoms with van der Waals surface area (Å²) in [5.74, 6) is 0.889. The topological polar surface area (TPSA) is 77.1 Å². The molecule has 0 radical (unpaired) electrons. The molecule has 3 rings (SSSR count). The van der Waals surface area contributed by atoms with Gasteiger partial charge in [0.2, 0.25) is 5.91 Å². The number of benzene rings is 3. The highest BCUT2D eigenvalue weighted by Crippen LogP contribution is 2.27. The average Bonchev–Trinajstić information content (AvgIpc) is 2.90. The molecule has 1 N–H and O–H groups in total. The number of hydrogen-bond acceptors (Lipinski definition) is 5. The molecule has 0 saturated carbocycles. The molecule has 3 aromatic rings. The first-order valence-corrected chi connectivity index (χ1v) is 11.5. The monoisotopic (exact) mass is 496 g/mol. The number of likely N-dealkylation sites (N-methyl/N-ethyl adjacent to an activating group) is 1. The number of amides is 2. The van der Waals surface area contributed by atoms with E-state index in [-0.39, 0.29) is 25.0 Å². The third-order valence-electron chi connectivity index (χ3n) is 5.47. The van der Waals surface area contributed by atoms with Crippen LogP contribution < -0.4 is 19.5 Å². The van der Waals surface area contributed by atoms with Gasteiger partial charge in [0.25, 0.3) is 5.91 Å². The van der Waals surface area contributed by atoms with Crippen LogP contribution in [0.1, 0.15) is 11.1 Å². The highest BCUT2D eigenvalue weighted by molar-refractivity contribution is 6.30. The fourth-order valence-corrected chi connectivity index (χ4v) is 3.73. The van der Waals surface area contributed by atoms with Crippen LogP contribution in [0.15, 0.2) is 72.8 Å². The first kappa shape index (κ1) is 25.9. The highest BCUT2D eigenvalue weighted by Gasteiger charge is 2.30. The minimum absolute atomic E-state index is 0.214. The number of rotatable bonds is 11. The van der Waals surface area contributed by atoms with Gasteiger partial charge in [-0.3, -0.25) is 9.59 Å². The molecule has 0 bridgehead atoms. The van der Waals surface area contributed by atoms with Crippen LogP contribution in [0.3, 0.4) is 0 Å². The quantitative estimate of drug-likeness (QED) is 0.432. The van der Waals surface area contributed by atoms with Gasteiger partial charge in [-0.1, -0.05) is 54.1 Å². The Morgan fingerprint density at radius 1 is 0.886 bits per heavy atom. The molecule has 0 aliphatic rings. The SMILES string of the molecule is CNC(=O)[C@H](Cc1ccccc1)N(Cc1ccc(Cl)cc1)C(=O)COc1cc(OC)cc(OC)c1. The first-order chi connectivity index (χ1) is 16.9. The summed E-state index contributed by atoms with van der Waals surface area (Å²) in [6.45, 7) is -0.0576. The molecule has 35 heavy (non-hydrogen) atoms. The molecule has 0 fully saturated rings. The van der Waals surface area contributed by atoms with E-state index in [9.17, 15) is 9.59 Å². The second-order valence-electron chi connectivity index (χ2n) is 7.80. The zero-order valence-corrected chi connectivity index (χ0v) is 20.7. The van der Waals surface area contributed by atoms with Crippen LogP contribution in [0.5, 0.6) is 17.2 Å². The Hall–Kier alpha value is -3.71. The number of ether oxygens (including phenoxy) is 3. The van der Waals surface area contributed by atoms with Crippen LogP contribution in [-0.2, 0) is 22.6 Å². The third-order valence-corrected chi connectivity index (χ3v) is 5.72. The summed E-state index contributed by atoms with van der Waals surface area (Å²) in [5.41, 5.74) is 1.78. The van der Waals surface area contributed by atoms with Gasteiger partial charge in [0, 0.05) is 43.2 Å². The van der Waals surface area contributed by atoms with Crippen molar-refractivity contribution in [1.82, 2.24) is 10.2 Å². The lowest BCUT2D eigenvalue weighted by atomic mass is 10.0. The number of hydrogen-bond donors (Lipinski definition) is 1. The van der Waals surface area contributed by atoms with E-state index in [1.165, 1.54) is 19.1 Å². The second-order valence-corrected chi connectivity index (χ2v) is 8.24. The van der Waals surface area contributed by atoms with E-state index in [4.69, 9.17) is 25.8 Å². The van der Waals surface area contributed by atoms with Crippen LogP contribution in [0.4, 0.5) is 0 Å². The van der Waals surface area contributed by atoms with Gasteiger partial charge in [0.1, 0.15) is 23.3 Å². The molecule has 7 nitrogen and oxygen atoms in total. The molecule has 0 aromatic heterocycles. The van der Waals surface area contributed by atoms with Crippen LogP contribution >= 0.6 is 11.6 Å². The van der Waals surface area contributed by atoms with Crippen molar-refractivity contribution in [3.63, 3.8) is 0 Å². The van der Waals surface area contributed by atoms with Gasteiger partial charge >= 0.3 is 0 Å². The van der Waals surface area contributed by atoms with Gasteiger partial charge in [-0.25, -0.2) is 0 Å². The van der Waals surface area contributed by atoms with Crippen molar-refractivity contribution in [2.75, 3.05) is 27.9 Å². The van der Waals surface area contributed by atoms with Crippen LogP contribution in [0.25, 0.3) is 0 Å². The molecular weight excluding hydrogens is 468 g/mol. The van der Waals surface area contributed by atoms with Gasteiger partial charge in [-0.15, -0.1) is 0 Å². The predicted molar refractivity (Wildman–Crippen MR) is 135 cm³/mol. The van der Waals surface area contributed by atoms with Gasteiger partial charge in [-0.2, -0.15) is 0 Å². The lowest BCUT2D eigenvalue weighted by Gasteiger charge is -2.31. The van der Waals surface area contributed by atoms with Gasteiger partial charge in [-0.05, 0) is 23.3 Å². The summed E-state index contributed by atoms with van der Waals surface area (Å²) in [7, 11) is 4.63. The maximum absolute atomic E-state index is 13.5. The van der Waals surface area contributed by atoms with Crippen LogP contribution in [0.2, 0.25) is 5.02 Å². The van der Waals surface area contributed by atoms with Crippen molar-refractivity contribution < 1.29 is 23.8 Å². The number of halogens is 1. The summed E-state index contributed by atoms with van der Waals surface area (Å²) in [4.78, 5) is 28.0. The van der Waals surface area contributed by atoms with E-state index >= 15 is 0 Å². The van der Waals surface area contributed by atoms with E-state index in [0.29, 0.717) is 28.7 Å². The van der Waals surface area contributed by atoms with E-state index < -0.39 is 6.04 Å². The number of methoxy groups -OCH3 is 2. The molecule has 184 valence electrons. The molecule has 0 aliphatic heterocycles. The van der Waals surface area contributed by atoms with E-state index in [2.05, 4.69) is 5.32 Å². The molecule has 8 heteroatoms. The Bertz CT molecular complexity index is 1100. The smallest absolute Gasteiger partial charge is 0.261 e. The summed E-state index contributed by atoms with van der Waals surface area (Å²) in [5, 5.41) is 3.28. The largest absolute Gasteiger partial charge is 0.496 e. The number of carbonyl (C=O) groups is 2. The second kappa shape index (κ2) is 12.7. The minimum atomic E-state index is -0.742. The zero-order chi connectivity index (χ0) is 25.2. The van der Waals surface area contributed by atoms with Crippen LogP contribution in [0, 0.1) is 0 Å².